The van der Waals surface area contributed by atoms with Crippen molar-refractivity contribution in [2.75, 3.05) is 11.9 Å². The van der Waals surface area contributed by atoms with Crippen molar-refractivity contribution in [1.29, 1.82) is 0 Å². The first-order valence-electron chi connectivity index (χ1n) is 22.9. The molecule has 9 heteroatoms. The molecule has 4 aliphatic carbocycles. The maximum absolute atomic E-state index is 15.7. The molecule has 0 unspecified atom stereocenters. The first-order valence-corrected chi connectivity index (χ1v) is 22.9. The number of ether oxygens (including phenoxy) is 1. The molecule has 6 bridgehead atoms. The normalized spacial score (nSPS) is 25.0. The van der Waals surface area contributed by atoms with Crippen molar-refractivity contribution in [3.05, 3.63) is 141 Å². The van der Waals surface area contributed by atoms with E-state index < -0.39 is 11.8 Å². The molecule has 62 heavy (non-hydrogen) atoms. The topological polar surface area (TPSA) is 148 Å². The van der Waals surface area contributed by atoms with E-state index in [2.05, 4.69) is 69.9 Å². The van der Waals surface area contributed by atoms with Crippen LogP contribution >= 0.6 is 0 Å². The molecule has 10 rings (SSSR count). The van der Waals surface area contributed by atoms with E-state index in [-0.39, 0.29) is 72.4 Å². The van der Waals surface area contributed by atoms with E-state index in [4.69, 9.17) is 4.74 Å². The molecule has 1 saturated carbocycles. The largest absolute Gasteiger partial charge is 0.507 e. The number of benzene rings is 3. The van der Waals surface area contributed by atoms with Crippen LogP contribution in [-0.2, 0) is 28.9 Å². The zero-order valence-electron chi connectivity index (χ0n) is 35.2. The smallest absolute Gasteiger partial charge is 0.161 e. The van der Waals surface area contributed by atoms with Gasteiger partial charge in [0.25, 0.3) is 0 Å². The molecule has 9 nitrogen and oxygen atoms in total. The average Bonchev–Trinajstić information content (AvgIpc) is 4.03. The third-order valence-corrected chi connectivity index (χ3v) is 14.6. The molecule has 320 valence electrons. The Kier molecular flexibility index (Phi) is 11.2. The van der Waals surface area contributed by atoms with Gasteiger partial charge in [0.15, 0.2) is 17.3 Å². The van der Waals surface area contributed by atoms with Crippen LogP contribution in [0.15, 0.2) is 90.8 Å². The third-order valence-electron chi connectivity index (χ3n) is 14.6. The van der Waals surface area contributed by atoms with Gasteiger partial charge < -0.3 is 35.3 Å². The number of anilines is 1. The summed E-state index contributed by atoms with van der Waals surface area (Å²) in [5, 5.41) is 36.9. The molecule has 5 aromatic rings. The summed E-state index contributed by atoms with van der Waals surface area (Å²) in [7, 11) is 0. The first-order chi connectivity index (χ1) is 30.3. The second-order valence-corrected chi connectivity index (χ2v) is 18.4. The number of Topliss-reactive ketones (excluding diaryl/α,β-unsaturated/α-hetero) is 2. The molecule has 3 aromatic carbocycles. The number of aryl methyl sites for hydroxylation is 2. The van der Waals surface area contributed by atoms with Gasteiger partial charge in [0, 0.05) is 78.0 Å². The number of aromatic amines is 2. The van der Waals surface area contributed by atoms with Crippen LogP contribution in [0.4, 0.5) is 5.82 Å². The monoisotopic (exact) mass is 831 g/mol. The predicted molar refractivity (Wildman–Crippen MR) is 242 cm³/mol. The van der Waals surface area contributed by atoms with Gasteiger partial charge in [0.1, 0.15) is 17.4 Å². The number of hydrogen-bond acceptors (Lipinski definition) is 7. The zero-order chi connectivity index (χ0) is 42.3. The van der Waals surface area contributed by atoms with Gasteiger partial charge in [-0.25, -0.2) is 0 Å². The highest BCUT2D eigenvalue weighted by Gasteiger charge is 2.45. The fourth-order valence-corrected chi connectivity index (χ4v) is 11.5. The van der Waals surface area contributed by atoms with Crippen LogP contribution in [-0.4, -0.2) is 55.6 Å². The minimum absolute atomic E-state index is 0.0384. The number of phenolic OH excluding ortho intramolecular Hbond substituents is 2. The van der Waals surface area contributed by atoms with E-state index in [1.807, 2.05) is 36.7 Å². The van der Waals surface area contributed by atoms with E-state index in [1.165, 1.54) is 5.56 Å². The van der Waals surface area contributed by atoms with Crippen LogP contribution in [0.3, 0.4) is 0 Å². The number of carbonyl (C=O) groups is 2. The Balaban J connectivity index is 1.08. The summed E-state index contributed by atoms with van der Waals surface area (Å²) < 4.78 is 6.47. The number of H-pyrrole nitrogens is 2. The Morgan fingerprint density at radius 1 is 0.790 bits per heavy atom. The number of hydrogen-bond donors (Lipinski definition) is 6. The number of nitrogens with one attached hydrogen (secondary N) is 3. The molecular formula is C53H57N3O6. The minimum Gasteiger partial charge on any atom is -0.507 e. The highest BCUT2D eigenvalue weighted by molar-refractivity contribution is 6.05. The van der Waals surface area contributed by atoms with E-state index in [0.717, 1.165) is 107 Å². The van der Waals surface area contributed by atoms with E-state index in [9.17, 15) is 20.1 Å². The molecule has 0 radical (unpaired) electrons. The first kappa shape index (κ1) is 40.3. The van der Waals surface area contributed by atoms with Crippen molar-refractivity contribution in [3.8, 4) is 17.2 Å². The Morgan fingerprint density at radius 3 is 2.50 bits per heavy atom. The molecule has 0 saturated heterocycles. The Hall–Kier alpha value is -5.80. The lowest BCUT2D eigenvalue weighted by atomic mass is 9.66. The van der Waals surface area contributed by atoms with Crippen LogP contribution in [0.5, 0.6) is 17.2 Å². The summed E-state index contributed by atoms with van der Waals surface area (Å²) >= 11 is 0. The van der Waals surface area contributed by atoms with Crippen LogP contribution in [0.1, 0.15) is 126 Å². The second kappa shape index (κ2) is 17.2. The molecule has 3 heterocycles. The zero-order valence-corrected chi connectivity index (χ0v) is 35.2. The minimum atomic E-state index is -0.994. The van der Waals surface area contributed by atoms with Crippen molar-refractivity contribution in [2.45, 2.75) is 107 Å². The van der Waals surface area contributed by atoms with Crippen LogP contribution in [0.2, 0.25) is 0 Å². The molecule has 0 spiro atoms. The van der Waals surface area contributed by atoms with E-state index in [1.54, 1.807) is 6.07 Å². The van der Waals surface area contributed by atoms with Crippen LogP contribution < -0.4 is 10.1 Å². The number of carbonyl (C=O) groups excluding carboxylic acids is 2. The van der Waals surface area contributed by atoms with Gasteiger partial charge in [0.2, 0.25) is 0 Å². The SMILES string of the molecule is O=C1CCc2cc(c(O)c(OC3CCCC3)c2)Cc2cccc(c2)[C@@H]2CC[C@@H](Nc3[nH]ccc32)C2=Cc3[nH]ccc3[C@@H](C[C@@H]3C=Cc4c(O)cccc4CC3)[C@H]2C(=O)[C@H]1CCO. The lowest BCUT2D eigenvalue weighted by Gasteiger charge is -2.38. The van der Waals surface area contributed by atoms with E-state index >= 15 is 4.79 Å². The maximum Gasteiger partial charge on any atom is 0.161 e. The Bertz CT molecular complexity index is 2540. The lowest BCUT2D eigenvalue weighted by molar-refractivity contribution is -0.135. The number of fused-ring (bicyclic) bond motifs is 14. The maximum atomic E-state index is 15.7. The molecule has 1 fully saturated rings. The fraction of sp³-hybridized carbons (Fsp3) is 0.396. The van der Waals surface area contributed by atoms with Gasteiger partial charge in [-0.1, -0.05) is 54.6 Å². The van der Waals surface area contributed by atoms with Gasteiger partial charge in [-0.2, -0.15) is 0 Å². The van der Waals surface area contributed by atoms with Gasteiger partial charge in [-0.3, -0.25) is 9.59 Å². The predicted octanol–water partition coefficient (Wildman–Crippen LogP) is 9.92. The quantitative estimate of drug-likeness (QED) is 0.0934. The van der Waals surface area contributed by atoms with E-state index in [0.29, 0.717) is 25.0 Å². The number of aromatic nitrogens is 2. The fourth-order valence-electron chi connectivity index (χ4n) is 11.5. The molecular weight excluding hydrogens is 775 g/mol. The van der Waals surface area contributed by atoms with Crippen LogP contribution in [0, 0.1) is 17.8 Å². The molecule has 6 atom stereocenters. The summed E-state index contributed by atoms with van der Waals surface area (Å²) in [5.41, 5.74) is 10.1. The summed E-state index contributed by atoms with van der Waals surface area (Å²) in [5.74, 6) is -0.178. The molecule has 1 aliphatic heterocycles. The average molecular weight is 832 g/mol. The number of rotatable bonds is 6. The Labute approximate surface area is 363 Å². The van der Waals surface area contributed by atoms with Gasteiger partial charge >= 0.3 is 0 Å². The molecule has 2 aromatic heterocycles. The number of aliphatic hydroxyl groups is 1. The summed E-state index contributed by atoms with van der Waals surface area (Å²) in [6.45, 7) is -0.281. The highest BCUT2D eigenvalue weighted by Crippen LogP contribution is 2.49. The third kappa shape index (κ3) is 7.80. The number of aromatic hydroxyl groups is 2. The van der Waals surface area contributed by atoms with Crippen molar-refractivity contribution >= 4 is 29.5 Å². The summed E-state index contributed by atoms with van der Waals surface area (Å²) in [6.07, 6.45) is 19.4. The number of phenols is 2. The second-order valence-electron chi connectivity index (χ2n) is 18.4. The van der Waals surface area contributed by atoms with Crippen molar-refractivity contribution in [3.63, 3.8) is 0 Å². The van der Waals surface area contributed by atoms with Gasteiger partial charge in [-0.15, -0.1) is 0 Å². The van der Waals surface area contributed by atoms with Gasteiger partial charge in [-0.05, 0) is 140 Å². The Morgan fingerprint density at radius 2 is 1.63 bits per heavy atom. The molecule has 0 amide bonds. The standard InChI is InChI=1S/C53H57N3O6/c57-24-21-42-48(59)18-13-33-27-36(51(60)49(29-33)62-37-8-1-2-9-37)26-32-5-3-7-35(25-32)38-16-17-45(56-53-41(38)20-23-55-53)44-30-46-40(19-22-54-46)43(50(44)52(42)61)28-31-11-14-34-6-4-10-47(58)39(34)15-12-31/h3-7,10,12,15,19-20,22-23,25,27,29-31,37-38,42-43,45,50,54-58,60H,1-2,8-9,11,13-14,16-18,21,24,26,28H2/t31-,38-,42-,43+,45+,50+/m0/s1. The number of aliphatic hydroxyl groups excluding tert-OH is 1. The van der Waals surface area contributed by atoms with Crippen molar-refractivity contribution in [1.82, 2.24) is 9.97 Å². The van der Waals surface area contributed by atoms with Crippen LogP contribution in [0.25, 0.3) is 12.2 Å². The molecule has 6 N–H and O–H groups in total. The summed E-state index contributed by atoms with van der Waals surface area (Å²) in [6, 6.07) is 22.3. The van der Waals surface area contributed by atoms with Crippen molar-refractivity contribution in [2.24, 2.45) is 17.8 Å². The molecule has 5 aliphatic rings. The highest BCUT2D eigenvalue weighted by atomic mass is 16.5. The number of ketones is 2. The number of allylic oxidation sites excluding steroid dienone is 1. The summed E-state index contributed by atoms with van der Waals surface area (Å²) in [4.78, 5) is 37.3. The lowest BCUT2D eigenvalue weighted by Crippen LogP contribution is -2.41. The van der Waals surface area contributed by atoms with Crippen molar-refractivity contribution < 1.29 is 29.6 Å². The van der Waals surface area contributed by atoms with Gasteiger partial charge in [0.05, 0.1) is 12.0 Å².